The third-order valence-corrected chi connectivity index (χ3v) is 5.15. The maximum Gasteiger partial charge on any atom is 0.255 e. The molecule has 1 amide bonds. The molecule has 110 valence electrons. The van der Waals surface area contributed by atoms with E-state index in [0.29, 0.717) is 17.6 Å². The molecule has 0 saturated carbocycles. The van der Waals surface area contributed by atoms with Gasteiger partial charge in [-0.15, -0.1) is 0 Å². The van der Waals surface area contributed by atoms with Crippen molar-refractivity contribution in [1.29, 1.82) is 0 Å². The van der Waals surface area contributed by atoms with Crippen LogP contribution in [0, 0.1) is 5.82 Å². The van der Waals surface area contributed by atoms with Gasteiger partial charge in [0.05, 0.1) is 11.8 Å². The van der Waals surface area contributed by atoms with Crippen molar-refractivity contribution in [2.24, 2.45) is 0 Å². The van der Waals surface area contributed by atoms with Crippen molar-refractivity contribution in [1.82, 2.24) is 9.21 Å². The Bertz CT molecular complexity index is 628. The van der Waals surface area contributed by atoms with Crippen LogP contribution in [0.4, 0.5) is 4.39 Å². The van der Waals surface area contributed by atoms with Gasteiger partial charge in [0.2, 0.25) is 10.0 Å². The van der Waals surface area contributed by atoms with Gasteiger partial charge in [0.15, 0.2) is 0 Å². The van der Waals surface area contributed by atoms with Crippen LogP contribution in [0.1, 0.15) is 10.4 Å². The van der Waals surface area contributed by atoms with E-state index in [2.05, 4.69) is 15.9 Å². The number of benzene rings is 1. The lowest BCUT2D eigenvalue weighted by Crippen LogP contribution is -2.50. The van der Waals surface area contributed by atoms with Crippen LogP contribution >= 0.6 is 15.9 Å². The Morgan fingerprint density at radius 1 is 1.25 bits per heavy atom. The Labute approximate surface area is 125 Å². The predicted molar refractivity (Wildman–Crippen MR) is 76.4 cm³/mol. The summed E-state index contributed by atoms with van der Waals surface area (Å²) < 4.78 is 37.9. The second-order valence-electron chi connectivity index (χ2n) is 4.58. The van der Waals surface area contributed by atoms with E-state index in [9.17, 15) is 17.6 Å². The van der Waals surface area contributed by atoms with Crippen molar-refractivity contribution in [3.8, 4) is 0 Å². The lowest BCUT2D eigenvalue weighted by molar-refractivity contribution is 0.0697. The summed E-state index contributed by atoms with van der Waals surface area (Å²) in [6.07, 6.45) is 1.15. The number of piperazine rings is 1. The first-order valence-corrected chi connectivity index (χ1v) is 8.62. The van der Waals surface area contributed by atoms with Crippen molar-refractivity contribution in [3.05, 3.63) is 34.1 Å². The molecule has 0 aliphatic carbocycles. The van der Waals surface area contributed by atoms with E-state index in [4.69, 9.17) is 0 Å². The number of halogens is 2. The number of hydrogen-bond donors (Lipinski definition) is 0. The summed E-state index contributed by atoms with van der Waals surface area (Å²) in [4.78, 5) is 13.8. The molecule has 1 heterocycles. The van der Waals surface area contributed by atoms with Crippen molar-refractivity contribution >= 4 is 31.9 Å². The van der Waals surface area contributed by atoms with E-state index in [1.54, 1.807) is 0 Å². The molecule has 0 spiro atoms. The second kappa shape index (κ2) is 5.79. The van der Waals surface area contributed by atoms with E-state index in [1.807, 2.05) is 0 Å². The SMILES string of the molecule is CS(=O)(=O)N1CCN(C(=O)c2cc(F)ccc2Br)CC1. The summed E-state index contributed by atoms with van der Waals surface area (Å²) in [6.45, 7) is 1.12. The number of sulfonamides is 1. The summed E-state index contributed by atoms with van der Waals surface area (Å²) in [6, 6.07) is 3.92. The average molecular weight is 365 g/mol. The molecule has 0 radical (unpaired) electrons. The molecule has 1 aromatic carbocycles. The van der Waals surface area contributed by atoms with Crippen LogP contribution in [0.3, 0.4) is 0 Å². The van der Waals surface area contributed by atoms with Crippen LogP contribution in [-0.4, -0.2) is 56.0 Å². The van der Waals surface area contributed by atoms with Crippen LogP contribution in [0.2, 0.25) is 0 Å². The maximum atomic E-state index is 13.2. The highest BCUT2D eigenvalue weighted by molar-refractivity contribution is 9.10. The zero-order chi connectivity index (χ0) is 14.9. The van der Waals surface area contributed by atoms with Gasteiger partial charge in [0.25, 0.3) is 5.91 Å². The molecule has 20 heavy (non-hydrogen) atoms. The highest BCUT2D eigenvalue weighted by Gasteiger charge is 2.27. The largest absolute Gasteiger partial charge is 0.336 e. The van der Waals surface area contributed by atoms with Gasteiger partial charge in [-0.1, -0.05) is 0 Å². The summed E-state index contributed by atoms with van der Waals surface area (Å²) >= 11 is 3.22. The Hall–Kier alpha value is -0.990. The molecule has 1 aromatic rings. The van der Waals surface area contributed by atoms with E-state index in [-0.39, 0.29) is 24.6 Å². The monoisotopic (exact) mass is 364 g/mol. The number of amides is 1. The van der Waals surface area contributed by atoms with Crippen LogP contribution in [0.15, 0.2) is 22.7 Å². The Morgan fingerprint density at radius 3 is 2.40 bits per heavy atom. The maximum absolute atomic E-state index is 13.2. The van der Waals surface area contributed by atoms with Gasteiger partial charge < -0.3 is 4.90 Å². The number of nitrogens with zero attached hydrogens (tertiary/aromatic N) is 2. The Morgan fingerprint density at radius 2 is 1.85 bits per heavy atom. The first-order valence-electron chi connectivity index (χ1n) is 5.98. The Kier molecular flexibility index (Phi) is 4.46. The zero-order valence-corrected chi connectivity index (χ0v) is 13.2. The first kappa shape index (κ1) is 15.4. The minimum Gasteiger partial charge on any atom is -0.336 e. The molecule has 0 N–H and O–H groups in total. The van der Waals surface area contributed by atoms with Crippen LogP contribution < -0.4 is 0 Å². The van der Waals surface area contributed by atoms with Gasteiger partial charge in [-0.05, 0) is 34.1 Å². The molecule has 0 unspecified atom stereocenters. The molecule has 1 aliphatic heterocycles. The molecule has 1 aliphatic rings. The topological polar surface area (TPSA) is 57.7 Å². The highest BCUT2D eigenvalue weighted by atomic mass is 79.9. The molecule has 0 aromatic heterocycles. The second-order valence-corrected chi connectivity index (χ2v) is 7.42. The average Bonchev–Trinajstić information content (AvgIpc) is 2.40. The number of carbonyl (C=O) groups is 1. The van der Waals surface area contributed by atoms with Gasteiger partial charge in [-0.25, -0.2) is 12.8 Å². The lowest BCUT2D eigenvalue weighted by Gasteiger charge is -2.33. The van der Waals surface area contributed by atoms with Crippen LogP contribution in [-0.2, 0) is 10.0 Å². The smallest absolute Gasteiger partial charge is 0.255 e. The van der Waals surface area contributed by atoms with Crippen LogP contribution in [0.25, 0.3) is 0 Å². The standard InChI is InChI=1S/C12H14BrFN2O3S/c1-20(18,19)16-6-4-15(5-7-16)12(17)10-8-9(14)2-3-11(10)13/h2-3,8H,4-7H2,1H3. The third-order valence-electron chi connectivity index (χ3n) is 3.15. The Balaban J connectivity index is 2.11. The summed E-state index contributed by atoms with van der Waals surface area (Å²) in [7, 11) is -3.23. The molecule has 0 atom stereocenters. The third kappa shape index (κ3) is 3.36. The van der Waals surface area contributed by atoms with E-state index in [0.717, 1.165) is 6.26 Å². The number of hydrogen-bond acceptors (Lipinski definition) is 3. The minimum absolute atomic E-state index is 0.248. The highest BCUT2D eigenvalue weighted by Crippen LogP contribution is 2.20. The quantitative estimate of drug-likeness (QED) is 0.794. The van der Waals surface area contributed by atoms with Gasteiger partial charge in [0.1, 0.15) is 5.82 Å². The van der Waals surface area contributed by atoms with Crippen molar-refractivity contribution in [2.75, 3.05) is 32.4 Å². The predicted octanol–water partition coefficient (Wildman–Crippen LogP) is 1.31. The van der Waals surface area contributed by atoms with Gasteiger partial charge >= 0.3 is 0 Å². The normalized spacial score (nSPS) is 17.2. The molecular formula is C12H14BrFN2O3S. The van der Waals surface area contributed by atoms with Gasteiger partial charge in [-0.3, -0.25) is 4.79 Å². The van der Waals surface area contributed by atoms with Crippen molar-refractivity contribution < 1.29 is 17.6 Å². The van der Waals surface area contributed by atoms with E-state index in [1.165, 1.54) is 27.4 Å². The molecule has 0 bridgehead atoms. The van der Waals surface area contributed by atoms with E-state index < -0.39 is 15.8 Å². The number of rotatable bonds is 2. The molecular weight excluding hydrogens is 351 g/mol. The molecule has 2 rings (SSSR count). The molecule has 5 nitrogen and oxygen atoms in total. The lowest BCUT2D eigenvalue weighted by atomic mass is 10.2. The van der Waals surface area contributed by atoms with Gasteiger partial charge in [0, 0.05) is 30.7 Å². The minimum atomic E-state index is -3.23. The van der Waals surface area contributed by atoms with E-state index >= 15 is 0 Å². The first-order chi connectivity index (χ1) is 9.29. The summed E-state index contributed by atoms with van der Waals surface area (Å²) in [5.74, 6) is -0.782. The zero-order valence-electron chi connectivity index (χ0n) is 10.8. The summed E-state index contributed by atoms with van der Waals surface area (Å²) in [5, 5.41) is 0. The molecule has 8 heteroatoms. The van der Waals surface area contributed by atoms with Crippen molar-refractivity contribution in [3.63, 3.8) is 0 Å². The number of carbonyl (C=O) groups excluding carboxylic acids is 1. The summed E-state index contributed by atoms with van der Waals surface area (Å²) in [5.41, 5.74) is 0.248. The molecule has 1 saturated heterocycles. The van der Waals surface area contributed by atoms with Crippen molar-refractivity contribution in [2.45, 2.75) is 0 Å². The van der Waals surface area contributed by atoms with Gasteiger partial charge in [-0.2, -0.15) is 4.31 Å². The fraction of sp³-hybridized carbons (Fsp3) is 0.417. The molecule has 1 fully saturated rings. The fourth-order valence-electron chi connectivity index (χ4n) is 2.05. The fourth-order valence-corrected chi connectivity index (χ4v) is 3.30. The van der Waals surface area contributed by atoms with Crippen LogP contribution in [0.5, 0.6) is 0 Å².